The molecule has 134 valence electrons. The molecular weight excluding hydrogens is 318 g/mol. The third-order valence-electron chi connectivity index (χ3n) is 3.79. The molecule has 3 N–H and O–H groups in total. The summed E-state index contributed by atoms with van der Waals surface area (Å²) in [5.41, 5.74) is -0.718. The Kier molecular flexibility index (Phi) is 6.29. The molecule has 2 heterocycles. The van der Waals surface area contributed by atoms with Gasteiger partial charge < -0.3 is 19.7 Å². The minimum Gasteiger partial charge on any atom is -0.449 e. The summed E-state index contributed by atoms with van der Waals surface area (Å²) < 4.78 is 11.4. The van der Waals surface area contributed by atoms with Gasteiger partial charge in [-0.2, -0.15) is 4.98 Å². The van der Waals surface area contributed by atoms with Gasteiger partial charge in [0.15, 0.2) is 6.23 Å². The number of anilines is 1. The van der Waals surface area contributed by atoms with Gasteiger partial charge >= 0.3 is 11.8 Å². The Labute approximate surface area is 139 Å². The van der Waals surface area contributed by atoms with Crippen molar-refractivity contribution in [3.63, 3.8) is 0 Å². The van der Waals surface area contributed by atoms with E-state index in [1.165, 1.54) is 12.3 Å². The molecule has 1 saturated heterocycles. The second kappa shape index (κ2) is 8.22. The molecule has 4 atom stereocenters. The average molecular weight is 341 g/mol. The molecule has 0 aromatic carbocycles. The lowest BCUT2D eigenvalue weighted by molar-refractivity contribution is -0.0350. The maximum absolute atomic E-state index is 12.1. The fourth-order valence-electron chi connectivity index (χ4n) is 2.39. The van der Waals surface area contributed by atoms with Gasteiger partial charge in [-0.15, -0.1) is 0 Å². The standard InChI is InChI=1S/C15H23N3O6/c1-3-4-5-8-23-15(22)17-10-6-7-18(14(21)16-10)13-12(20)11(19)9(2)24-13/h6-7,9,11-13,19-20H,3-5,8H2,1-2H3,(H,16,17,21,22)/t9-,11+,12+,13-/m1/s1. The lowest BCUT2D eigenvalue weighted by atomic mass is 10.1. The average Bonchev–Trinajstić information content (AvgIpc) is 2.79. The molecule has 1 aromatic heterocycles. The summed E-state index contributed by atoms with van der Waals surface area (Å²) in [5.74, 6) is 0.0397. The summed E-state index contributed by atoms with van der Waals surface area (Å²) in [6, 6.07) is 1.39. The Balaban J connectivity index is 1.97. The molecule has 9 nitrogen and oxygen atoms in total. The zero-order valence-corrected chi connectivity index (χ0v) is 13.7. The number of nitrogens with zero attached hydrogens (tertiary/aromatic N) is 2. The van der Waals surface area contributed by atoms with Gasteiger partial charge in [0, 0.05) is 6.20 Å². The van der Waals surface area contributed by atoms with Crippen LogP contribution in [0.2, 0.25) is 0 Å². The Morgan fingerprint density at radius 1 is 1.42 bits per heavy atom. The molecule has 0 unspecified atom stereocenters. The van der Waals surface area contributed by atoms with Gasteiger partial charge in [-0.3, -0.25) is 9.88 Å². The number of rotatable bonds is 6. The number of aliphatic hydroxyl groups excluding tert-OH is 2. The minimum atomic E-state index is -1.23. The van der Waals surface area contributed by atoms with Crippen LogP contribution in [0, 0.1) is 0 Å². The number of aliphatic hydroxyl groups is 2. The molecule has 1 aliphatic heterocycles. The molecule has 24 heavy (non-hydrogen) atoms. The predicted molar refractivity (Wildman–Crippen MR) is 84.6 cm³/mol. The highest BCUT2D eigenvalue weighted by molar-refractivity contribution is 5.83. The second-order valence-corrected chi connectivity index (χ2v) is 5.68. The van der Waals surface area contributed by atoms with E-state index >= 15 is 0 Å². The van der Waals surface area contributed by atoms with Crippen molar-refractivity contribution in [2.24, 2.45) is 0 Å². The minimum absolute atomic E-state index is 0.0397. The third-order valence-corrected chi connectivity index (χ3v) is 3.79. The number of unbranched alkanes of at least 4 members (excludes halogenated alkanes) is 2. The number of carbonyl (C=O) groups is 1. The van der Waals surface area contributed by atoms with E-state index in [-0.39, 0.29) is 5.82 Å². The van der Waals surface area contributed by atoms with Crippen LogP contribution >= 0.6 is 0 Å². The van der Waals surface area contributed by atoms with Gasteiger partial charge in [0.05, 0.1) is 12.7 Å². The summed E-state index contributed by atoms with van der Waals surface area (Å²) in [7, 11) is 0. The zero-order valence-electron chi connectivity index (χ0n) is 13.7. The first-order valence-electron chi connectivity index (χ1n) is 7.98. The molecule has 9 heteroatoms. The molecule has 0 spiro atoms. The molecule has 0 aliphatic carbocycles. The largest absolute Gasteiger partial charge is 0.449 e. The number of hydrogen-bond acceptors (Lipinski definition) is 7. The summed E-state index contributed by atoms with van der Waals surface area (Å²) in [6.45, 7) is 3.94. The van der Waals surface area contributed by atoms with Crippen LogP contribution in [0.3, 0.4) is 0 Å². The van der Waals surface area contributed by atoms with Crippen LogP contribution in [-0.4, -0.2) is 50.8 Å². The van der Waals surface area contributed by atoms with Crippen molar-refractivity contribution in [2.75, 3.05) is 11.9 Å². The topological polar surface area (TPSA) is 123 Å². The predicted octanol–water partition coefficient (Wildman–Crippen LogP) is 0.621. The van der Waals surface area contributed by atoms with Crippen molar-refractivity contribution in [2.45, 2.75) is 57.6 Å². The van der Waals surface area contributed by atoms with Crippen LogP contribution in [0.4, 0.5) is 10.6 Å². The van der Waals surface area contributed by atoms with E-state index < -0.39 is 36.3 Å². The second-order valence-electron chi connectivity index (χ2n) is 5.68. The van der Waals surface area contributed by atoms with Crippen LogP contribution < -0.4 is 11.0 Å². The van der Waals surface area contributed by atoms with Gasteiger partial charge in [0.25, 0.3) is 0 Å². The van der Waals surface area contributed by atoms with E-state index in [4.69, 9.17) is 9.47 Å². The number of ether oxygens (including phenoxy) is 2. The maximum atomic E-state index is 12.1. The summed E-state index contributed by atoms with van der Waals surface area (Å²) >= 11 is 0. The molecule has 0 saturated carbocycles. The van der Waals surface area contributed by atoms with E-state index in [0.717, 1.165) is 23.8 Å². The normalized spacial score (nSPS) is 26.3. The SMILES string of the molecule is CCCCCOC(=O)Nc1ccn([C@@H]2O[C@H](C)[C@H](O)[C@@H]2O)c(=O)n1. The van der Waals surface area contributed by atoms with Crippen LogP contribution in [0.1, 0.15) is 39.3 Å². The van der Waals surface area contributed by atoms with Gasteiger partial charge in [0.1, 0.15) is 18.0 Å². The Hall–Kier alpha value is -1.97. The first-order chi connectivity index (χ1) is 11.4. The zero-order chi connectivity index (χ0) is 17.7. The molecular formula is C15H23N3O6. The highest BCUT2D eigenvalue weighted by Crippen LogP contribution is 2.27. The summed E-state index contributed by atoms with van der Waals surface area (Å²) in [4.78, 5) is 27.3. The number of aromatic nitrogens is 2. The number of hydrogen-bond donors (Lipinski definition) is 3. The highest BCUT2D eigenvalue weighted by atomic mass is 16.6. The van der Waals surface area contributed by atoms with Crippen molar-refractivity contribution in [3.05, 3.63) is 22.7 Å². The summed E-state index contributed by atoms with van der Waals surface area (Å²) in [5, 5.41) is 22.0. The molecule has 1 aromatic rings. The van der Waals surface area contributed by atoms with Crippen LogP contribution in [-0.2, 0) is 9.47 Å². The fourth-order valence-corrected chi connectivity index (χ4v) is 2.39. The van der Waals surface area contributed by atoms with Gasteiger partial charge in [-0.05, 0) is 19.4 Å². The Morgan fingerprint density at radius 3 is 2.75 bits per heavy atom. The maximum Gasteiger partial charge on any atom is 0.412 e. The van der Waals surface area contributed by atoms with Crippen LogP contribution in [0.25, 0.3) is 0 Å². The van der Waals surface area contributed by atoms with E-state index in [2.05, 4.69) is 10.3 Å². The van der Waals surface area contributed by atoms with E-state index in [9.17, 15) is 19.8 Å². The van der Waals surface area contributed by atoms with Crippen LogP contribution in [0.15, 0.2) is 17.1 Å². The molecule has 0 bridgehead atoms. The number of amides is 1. The van der Waals surface area contributed by atoms with Crippen molar-refractivity contribution >= 4 is 11.9 Å². The van der Waals surface area contributed by atoms with Crippen molar-refractivity contribution in [1.29, 1.82) is 0 Å². The molecule has 2 rings (SSSR count). The summed E-state index contributed by atoms with van der Waals surface area (Å²) in [6.07, 6.45) is -0.533. The Bertz CT molecular complexity index is 619. The molecule has 1 amide bonds. The lowest BCUT2D eigenvalue weighted by Crippen LogP contribution is -2.35. The third kappa shape index (κ3) is 4.31. The first kappa shape index (κ1) is 18.4. The van der Waals surface area contributed by atoms with E-state index in [1.54, 1.807) is 6.92 Å². The molecule has 0 radical (unpaired) electrons. The first-order valence-corrected chi connectivity index (χ1v) is 7.98. The van der Waals surface area contributed by atoms with Crippen molar-refractivity contribution < 1.29 is 24.5 Å². The Morgan fingerprint density at radius 2 is 2.17 bits per heavy atom. The lowest BCUT2D eigenvalue weighted by Gasteiger charge is -2.17. The van der Waals surface area contributed by atoms with Crippen molar-refractivity contribution in [3.8, 4) is 0 Å². The quantitative estimate of drug-likeness (QED) is 0.648. The van der Waals surface area contributed by atoms with E-state index in [1.807, 2.05) is 6.92 Å². The van der Waals surface area contributed by atoms with Gasteiger partial charge in [-0.1, -0.05) is 19.8 Å². The van der Waals surface area contributed by atoms with Gasteiger partial charge in [-0.25, -0.2) is 9.59 Å². The van der Waals surface area contributed by atoms with Crippen LogP contribution in [0.5, 0.6) is 0 Å². The smallest absolute Gasteiger partial charge is 0.412 e. The fraction of sp³-hybridized carbons (Fsp3) is 0.667. The van der Waals surface area contributed by atoms with Crippen molar-refractivity contribution in [1.82, 2.24) is 9.55 Å². The highest BCUT2D eigenvalue weighted by Gasteiger charge is 2.41. The number of carbonyl (C=O) groups excluding carboxylic acids is 1. The van der Waals surface area contributed by atoms with E-state index in [0.29, 0.717) is 6.61 Å². The molecule has 1 fully saturated rings. The van der Waals surface area contributed by atoms with Gasteiger partial charge in [0.2, 0.25) is 0 Å². The monoisotopic (exact) mass is 341 g/mol. The molecule has 1 aliphatic rings. The number of nitrogens with one attached hydrogen (secondary N) is 1.